The summed E-state index contributed by atoms with van der Waals surface area (Å²) in [4.78, 5) is 15.5. The Morgan fingerprint density at radius 1 is 1.59 bits per heavy atom. The predicted molar refractivity (Wildman–Crippen MR) is 65.0 cm³/mol. The quantitative estimate of drug-likeness (QED) is 0.744. The number of amides is 1. The number of carbonyl (C=O) groups excluding carboxylic acids is 1. The first-order chi connectivity index (χ1) is 8.24. The van der Waals surface area contributed by atoms with Crippen molar-refractivity contribution in [3.8, 4) is 0 Å². The largest absolute Gasteiger partial charge is 0.396 e. The molecule has 1 saturated carbocycles. The fourth-order valence-electron chi connectivity index (χ4n) is 1.55. The molecule has 2 rings (SSSR count). The lowest BCUT2D eigenvalue weighted by Crippen LogP contribution is -2.30. The molecule has 1 aromatic heterocycles. The summed E-state index contributed by atoms with van der Waals surface area (Å²) in [7, 11) is 0. The Labute approximate surface area is 100 Å². The maximum Gasteiger partial charge on any atom is 0.244 e. The van der Waals surface area contributed by atoms with Gasteiger partial charge < -0.3 is 10.4 Å². The van der Waals surface area contributed by atoms with E-state index < -0.39 is 0 Å². The molecule has 2 N–H and O–H groups in total. The van der Waals surface area contributed by atoms with E-state index in [1.807, 2.05) is 12.1 Å². The Balaban J connectivity index is 1.79. The third-order valence-corrected chi connectivity index (χ3v) is 3.04. The Kier molecular flexibility index (Phi) is 3.54. The Bertz CT molecular complexity index is 411. The number of aromatic nitrogens is 1. The summed E-state index contributed by atoms with van der Waals surface area (Å²) in [5, 5.41) is 11.9. The number of aliphatic hydroxyl groups excluding tert-OH is 1. The van der Waals surface area contributed by atoms with Crippen molar-refractivity contribution in [3.05, 3.63) is 36.2 Å². The van der Waals surface area contributed by atoms with Crippen LogP contribution >= 0.6 is 0 Å². The summed E-state index contributed by atoms with van der Waals surface area (Å²) >= 11 is 0. The number of hydrogen-bond donors (Lipinski definition) is 2. The van der Waals surface area contributed by atoms with Crippen LogP contribution in [0.3, 0.4) is 0 Å². The van der Waals surface area contributed by atoms with E-state index in [2.05, 4.69) is 10.3 Å². The molecule has 0 radical (unpaired) electrons. The molecule has 0 bridgehead atoms. The van der Waals surface area contributed by atoms with Crippen molar-refractivity contribution in [2.75, 3.05) is 13.2 Å². The van der Waals surface area contributed by atoms with Crippen molar-refractivity contribution >= 4 is 12.0 Å². The van der Waals surface area contributed by atoms with E-state index in [4.69, 9.17) is 5.11 Å². The molecule has 4 nitrogen and oxygen atoms in total. The number of aliphatic hydroxyl groups is 1. The van der Waals surface area contributed by atoms with Gasteiger partial charge in [0.2, 0.25) is 5.91 Å². The predicted octanol–water partition coefficient (Wildman–Crippen LogP) is 0.983. The van der Waals surface area contributed by atoms with Gasteiger partial charge in [0.25, 0.3) is 0 Å². The number of hydrogen-bond acceptors (Lipinski definition) is 3. The van der Waals surface area contributed by atoms with E-state index in [0.29, 0.717) is 6.54 Å². The molecule has 0 aromatic carbocycles. The van der Waals surface area contributed by atoms with Crippen LogP contribution in [0.4, 0.5) is 0 Å². The second-order valence-electron chi connectivity index (χ2n) is 4.50. The molecule has 0 aliphatic heterocycles. The second kappa shape index (κ2) is 5.10. The minimum Gasteiger partial charge on any atom is -0.396 e. The minimum absolute atomic E-state index is 0.0438. The summed E-state index contributed by atoms with van der Waals surface area (Å²) in [6.45, 7) is 0.708. The number of pyridine rings is 1. The molecule has 0 unspecified atom stereocenters. The van der Waals surface area contributed by atoms with E-state index in [1.165, 1.54) is 6.08 Å². The van der Waals surface area contributed by atoms with Crippen molar-refractivity contribution in [1.82, 2.24) is 10.3 Å². The average Bonchev–Trinajstić information content (AvgIpc) is 3.16. The standard InChI is InChI=1S/C13H16N2O2/c16-10-13(5-6-13)9-15-12(17)4-3-11-2-1-7-14-8-11/h1-4,7-8,16H,5-6,9-10H2,(H,15,17)/b4-3+. The Hall–Kier alpha value is -1.68. The maximum absolute atomic E-state index is 11.5. The van der Waals surface area contributed by atoms with E-state index in [-0.39, 0.29) is 17.9 Å². The van der Waals surface area contributed by atoms with Crippen LogP contribution < -0.4 is 5.32 Å². The van der Waals surface area contributed by atoms with E-state index in [1.54, 1.807) is 18.5 Å². The molecule has 1 aromatic rings. The first kappa shape index (κ1) is 11.8. The molecular formula is C13H16N2O2. The summed E-state index contributed by atoms with van der Waals surface area (Å²) in [6.07, 6.45) is 8.59. The summed E-state index contributed by atoms with van der Waals surface area (Å²) < 4.78 is 0. The van der Waals surface area contributed by atoms with Crippen LogP contribution in [0.1, 0.15) is 18.4 Å². The highest BCUT2D eigenvalue weighted by Crippen LogP contribution is 2.44. The maximum atomic E-state index is 11.5. The molecule has 0 saturated heterocycles. The third kappa shape index (κ3) is 3.39. The summed E-state index contributed by atoms with van der Waals surface area (Å²) in [5.41, 5.74) is 0.851. The molecular weight excluding hydrogens is 216 g/mol. The normalized spacial score (nSPS) is 17.0. The third-order valence-electron chi connectivity index (χ3n) is 3.04. The lowest BCUT2D eigenvalue weighted by atomic mass is 10.1. The SMILES string of the molecule is O=C(/C=C/c1cccnc1)NCC1(CO)CC1. The van der Waals surface area contributed by atoms with Gasteiger partial charge in [-0.1, -0.05) is 6.07 Å². The van der Waals surface area contributed by atoms with Crippen molar-refractivity contribution in [1.29, 1.82) is 0 Å². The van der Waals surface area contributed by atoms with Gasteiger partial charge in [0.05, 0.1) is 6.61 Å². The van der Waals surface area contributed by atoms with Gasteiger partial charge in [0, 0.05) is 30.4 Å². The highest BCUT2D eigenvalue weighted by Gasteiger charge is 2.41. The van der Waals surface area contributed by atoms with Crippen LogP contribution in [0.15, 0.2) is 30.6 Å². The average molecular weight is 232 g/mol. The van der Waals surface area contributed by atoms with Crippen molar-refractivity contribution in [2.45, 2.75) is 12.8 Å². The van der Waals surface area contributed by atoms with Crippen LogP contribution in [0.25, 0.3) is 6.08 Å². The van der Waals surface area contributed by atoms with Gasteiger partial charge in [-0.2, -0.15) is 0 Å². The van der Waals surface area contributed by atoms with E-state index >= 15 is 0 Å². The van der Waals surface area contributed by atoms with Crippen LogP contribution in [0.2, 0.25) is 0 Å². The molecule has 0 atom stereocenters. The summed E-state index contributed by atoms with van der Waals surface area (Å²) in [5.74, 6) is -0.131. The van der Waals surface area contributed by atoms with Gasteiger partial charge in [-0.3, -0.25) is 9.78 Å². The van der Waals surface area contributed by atoms with E-state index in [0.717, 1.165) is 18.4 Å². The monoisotopic (exact) mass is 232 g/mol. The van der Waals surface area contributed by atoms with E-state index in [9.17, 15) is 4.79 Å². The number of nitrogens with zero attached hydrogens (tertiary/aromatic N) is 1. The Morgan fingerprint density at radius 2 is 2.41 bits per heavy atom. The lowest BCUT2D eigenvalue weighted by Gasteiger charge is -2.10. The van der Waals surface area contributed by atoms with Crippen LogP contribution in [0.5, 0.6) is 0 Å². The molecule has 1 heterocycles. The fourth-order valence-corrected chi connectivity index (χ4v) is 1.55. The topological polar surface area (TPSA) is 62.2 Å². The van der Waals surface area contributed by atoms with Gasteiger partial charge in [-0.25, -0.2) is 0 Å². The fraction of sp³-hybridized carbons (Fsp3) is 0.385. The number of rotatable bonds is 5. The molecule has 90 valence electrons. The van der Waals surface area contributed by atoms with Crippen molar-refractivity contribution in [2.24, 2.45) is 5.41 Å². The van der Waals surface area contributed by atoms with Crippen molar-refractivity contribution < 1.29 is 9.90 Å². The molecule has 0 spiro atoms. The highest BCUT2D eigenvalue weighted by molar-refractivity contribution is 5.91. The molecule has 1 amide bonds. The van der Waals surface area contributed by atoms with Gasteiger partial charge in [0.15, 0.2) is 0 Å². The molecule has 1 aliphatic carbocycles. The van der Waals surface area contributed by atoms with Crippen LogP contribution in [0, 0.1) is 5.41 Å². The summed E-state index contributed by atoms with van der Waals surface area (Å²) in [6, 6.07) is 3.70. The van der Waals surface area contributed by atoms with Gasteiger partial charge >= 0.3 is 0 Å². The number of nitrogens with one attached hydrogen (secondary N) is 1. The molecule has 17 heavy (non-hydrogen) atoms. The van der Waals surface area contributed by atoms with Crippen LogP contribution in [-0.2, 0) is 4.79 Å². The number of carbonyl (C=O) groups is 1. The zero-order chi connectivity index (χ0) is 12.1. The first-order valence-corrected chi connectivity index (χ1v) is 5.71. The molecule has 1 aliphatic rings. The smallest absolute Gasteiger partial charge is 0.244 e. The lowest BCUT2D eigenvalue weighted by molar-refractivity contribution is -0.116. The van der Waals surface area contributed by atoms with Crippen molar-refractivity contribution in [3.63, 3.8) is 0 Å². The molecule has 1 fully saturated rings. The zero-order valence-electron chi connectivity index (χ0n) is 9.60. The minimum atomic E-state index is -0.131. The van der Waals surface area contributed by atoms with Gasteiger partial charge in [0.1, 0.15) is 0 Å². The Morgan fingerprint density at radius 3 is 3.00 bits per heavy atom. The first-order valence-electron chi connectivity index (χ1n) is 5.71. The zero-order valence-corrected chi connectivity index (χ0v) is 9.60. The second-order valence-corrected chi connectivity index (χ2v) is 4.50. The molecule has 4 heteroatoms. The van der Waals surface area contributed by atoms with Crippen LogP contribution in [-0.4, -0.2) is 29.1 Å². The van der Waals surface area contributed by atoms with Gasteiger partial charge in [-0.05, 0) is 30.5 Å². The van der Waals surface area contributed by atoms with Gasteiger partial charge in [-0.15, -0.1) is 0 Å². The highest BCUT2D eigenvalue weighted by atomic mass is 16.3.